The highest BCUT2D eigenvalue weighted by Gasteiger charge is 2.28. The molecule has 0 aromatic heterocycles. The molecule has 0 fully saturated rings. The molecule has 0 spiro atoms. The number of allylic oxidation sites excluding steroid dienone is 2. The maximum Gasteiger partial charge on any atom is 0.407 e. The first-order valence-corrected chi connectivity index (χ1v) is 18.4. The van der Waals surface area contributed by atoms with Crippen molar-refractivity contribution in [2.45, 2.75) is 77.0 Å². The lowest BCUT2D eigenvalue weighted by molar-refractivity contribution is -0.150. The second-order valence-corrected chi connectivity index (χ2v) is 13.3. The fourth-order valence-corrected chi connectivity index (χ4v) is 6.20. The van der Waals surface area contributed by atoms with E-state index in [2.05, 4.69) is 10.6 Å². The molecule has 3 atom stereocenters. The summed E-state index contributed by atoms with van der Waals surface area (Å²) in [4.78, 5) is 54.6. The summed E-state index contributed by atoms with van der Waals surface area (Å²) in [6.07, 6.45) is 8.35. The summed E-state index contributed by atoms with van der Waals surface area (Å²) in [5, 5.41) is 15.6. The van der Waals surface area contributed by atoms with Crippen LogP contribution in [0.2, 0.25) is 0 Å². The number of hydrogen-bond acceptors (Lipinski definition) is 7. The summed E-state index contributed by atoms with van der Waals surface area (Å²) in [5.74, 6) is -1.76. The van der Waals surface area contributed by atoms with Gasteiger partial charge in [-0.3, -0.25) is 14.4 Å². The molecule has 0 radical (unpaired) electrons. The predicted molar refractivity (Wildman–Crippen MR) is 200 cm³/mol. The van der Waals surface area contributed by atoms with Crippen molar-refractivity contribution in [2.24, 2.45) is 11.8 Å². The third-order valence-electron chi connectivity index (χ3n) is 9.13. The molecule has 0 aliphatic carbocycles. The summed E-state index contributed by atoms with van der Waals surface area (Å²) in [7, 11) is 0. The molecule has 10 nitrogen and oxygen atoms in total. The fourth-order valence-electron chi connectivity index (χ4n) is 6.20. The van der Waals surface area contributed by atoms with E-state index in [1.807, 2.05) is 103 Å². The number of nitrogens with zero attached hydrogens (tertiary/aromatic N) is 1. The molecule has 3 unspecified atom stereocenters. The Morgan fingerprint density at radius 3 is 2.23 bits per heavy atom. The number of hydrogen-bond donors (Lipinski definition) is 3. The van der Waals surface area contributed by atoms with Crippen LogP contribution in [0.3, 0.4) is 0 Å². The van der Waals surface area contributed by atoms with E-state index >= 15 is 0 Å². The lowest BCUT2D eigenvalue weighted by Gasteiger charge is -2.26. The van der Waals surface area contributed by atoms with Gasteiger partial charge in [0.15, 0.2) is 0 Å². The number of carbonyl (C=O) groups excluding carboxylic acids is 4. The average Bonchev–Trinajstić information content (AvgIpc) is 3.16. The maximum atomic E-state index is 13.8. The fraction of sp³-hybridized carbons (Fsp3) is 0.429. The van der Waals surface area contributed by atoms with Gasteiger partial charge in [-0.05, 0) is 68.1 Å². The van der Waals surface area contributed by atoms with E-state index in [4.69, 9.17) is 9.47 Å². The summed E-state index contributed by atoms with van der Waals surface area (Å²) in [6.45, 7) is 0.879. The first-order chi connectivity index (χ1) is 25.4. The molecule has 3 N–H and O–H groups in total. The lowest BCUT2D eigenvalue weighted by atomic mass is 9.93. The van der Waals surface area contributed by atoms with Gasteiger partial charge < -0.3 is 30.1 Å². The SMILES string of the molecule is O=C(NCCCCC1COC(=O)C(Cc2ccccc2)CCCC=CCC(CC(=O)N(CCO)Cc2ccccc2)C(=O)N1)OCc1ccccc1. The standard InChI is InChI=1S/C42H53N3O7/c46-27-26-45(30-34-18-8-4-9-19-34)39(47)29-36-22-12-1-2-13-23-37(28-33-16-6-3-7-17-33)41(49)51-32-38(44-40(36)48)24-14-15-25-43-42(50)52-31-35-20-10-5-11-21-35/h1,3-12,16-21,36-38,46H,2,13-15,22-32H2,(H,43,50)(H,44,48). The molecule has 1 aliphatic rings. The van der Waals surface area contributed by atoms with Crippen molar-refractivity contribution in [1.82, 2.24) is 15.5 Å². The molecule has 1 heterocycles. The molecular formula is C42H53N3O7. The minimum atomic E-state index is -0.645. The van der Waals surface area contributed by atoms with E-state index in [1.165, 1.54) is 0 Å². The van der Waals surface area contributed by atoms with Crippen LogP contribution in [0.25, 0.3) is 0 Å². The number of cyclic esters (lactones) is 1. The third kappa shape index (κ3) is 14.7. The molecule has 10 heteroatoms. The number of nitrogens with one attached hydrogen (secondary N) is 2. The molecule has 3 amide bonds. The number of amides is 3. The zero-order chi connectivity index (χ0) is 36.8. The van der Waals surface area contributed by atoms with Crippen LogP contribution in [0.1, 0.15) is 68.1 Å². The Bertz CT molecular complexity index is 1530. The first-order valence-electron chi connectivity index (χ1n) is 18.4. The van der Waals surface area contributed by atoms with Gasteiger partial charge in [0.1, 0.15) is 13.2 Å². The number of aliphatic hydroxyl groups excluding tert-OH is 1. The van der Waals surface area contributed by atoms with E-state index < -0.39 is 18.1 Å². The van der Waals surface area contributed by atoms with Crippen LogP contribution in [-0.4, -0.2) is 66.2 Å². The highest BCUT2D eigenvalue weighted by Crippen LogP contribution is 2.20. The topological polar surface area (TPSA) is 134 Å². The van der Waals surface area contributed by atoms with Crippen LogP contribution < -0.4 is 10.6 Å². The van der Waals surface area contributed by atoms with Crippen molar-refractivity contribution in [3.05, 3.63) is 120 Å². The van der Waals surface area contributed by atoms with Gasteiger partial charge >= 0.3 is 12.1 Å². The second kappa shape index (κ2) is 22.8. The van der Waals surface area contributed by atoms with Crippen LogP contribution >= 0.6 is 0 Å². The van der Waals surface area contributed by atoms with Gasteiger partial charge in [-0.1, -0.05) is 103 Å². The predicted octanol–water partition coefficient (Wildman–Crippen LogP) is 6.13. The summed E-state index contributed by atoms with van der Waals surface area (Å²) in [5.41, 5.74) is 2.90. The van der Waals surface area contributed by atoms with Crippen LogP contribution in [0, 0.1) is 11.8 Å². The van der Waals surface area contributed by atoms with Crippen LogP contribution in [0.4, 0.5) is 4.79 Å². The number of carbonyl (C=O) groups is 4. The molecule has 0 bridgehead atoms. The Morgan fingerprint density at radius 2 is 1.54 bits per heavy atom. The van der Waals surface area contributed by atoms with Crippen LogP contribution in [-0.2, 0) is 43.4 Å². The summed E-state index contributed by atoms with van der Waals surface area (Å²) < 4.78 is 11.2. The van der Waals surface area contributed by atoms with Gasteiger partial charge in [0, 0.05) is 26.1 Å². The summed E-state index contributed by atoms with van der Waals surface area (Å²) in [6, 6.07) is 28.4. The monoisotopic (exact) mass is 711 g/mol. The normalized spacial score (nSPS) is 18.4. The first kappa shape index (κ1) is 39.8. The smallest absolute Gasteiger partial charge is 0.407 e. The van der Waals surface area contributed by atoms with E-state index in [-0.39, 0.29) is 56.5 Å². The molecule has 3 aromatic carbocycles. The Kier molecular flexibility index (Phi) is 17.4. The third-order valence-corrected chi connectivity index (χ3v) is 9.13. The number of aliphatic hydroxyl groups is 1. The molecule has 1 aliphatic heterocycles. The zero-order valence-corrected chi connectivity index (χ0v) is 30.0. The van der Waals surface area contributed by atoms with Crippen molar-refractivity contribution >= 4 is 23.9 Å². The Morgan fingerprint density at radius 1 is 0.865 bits per heavy atom. The van der Waals surface area contributed by atoms with Gasteiger partial charge in [0.2, 0.25) is 11.8 Å². The Labute approximate surface area is 307 Å². The highest BCUT2D eigenvalue weighted by molar-refractivity contribution is 5.86. The van der Waals surface area contributed by atoms with Crippen molar-refractivity contribution in [3.8, 4) is 0 Å². The van der Waals surface area contributed by atoms with Crippen molar-refractivity contribution < 1.29 is 33.8 Å². The van der Waals surface area contributed by atoms with Gasteiger partial charge in [0.05, 0.1) is 24.5 Å². The molecule has 52 heavy (non-hydrogen) atoms. The second-order valence-electron chi connectivity index (χ2n) is 13.3. The maximum absolute atomic E-state index is 13.8. The molecule has 0 saturated heterocycles. The number of rotatable bonds is 15. The van der Waals surface area contributed by atoms with E-state index in [0.29, 0.717) is 51.6 Å². The molecule has 4 rings (SSSR count). The van der Waals surface area contributed by atoms with Crippen molar-refractivity contribution in [3.63, 3.8) is 0 Å². The van der Waals surface area contributed by atoms with Crippen molar-refractivity contribution in [2.75, 3.05) is 26.3 Å². The largest absolute Gasteiger partial charge is 0.463 e. The Hall–Kier alpha value is -4.96. The number of ether oxygens (including phenoxy) is 2. The van der Waals surface area contributed by atoms with E-state index in [0.717, 1.165) is 29.5 Å². The molecular weight excluding hydrogens is 658 g/mol. The van der Waals surface area contributed by atoms with Gasteiger partial charge in [-0.15, -0.1) is 0 Å². The minimum absolute atomic E-state index is 0.00353. The van der Waals surface area contributed by atoms with Gasteiger partial charge in [-0.25, -0.2) is 4.79 Å². The number of benzene rings is 3. The Balaban J connectivity index is 1.40. The van der Waals surface area contributed by atoms with Crippen molar-refractivity contribution in [1.29, 1.82) is 0 Å². The molecule has 278 valence electrons. The van der Waals surface area contributed by atoms with E-state index in [9.17, 15) is 24.3 Å². The highest BCUT2D eigenvalue weighted by atomic mass is 16.5. The van der Waals surface area contributed by atoms with Gasteiger partial charge in [-0.2, -0.15) is 0 Å². The quantitative estimate of drug-likeness (QED) is 0.0982. The van der Waals surface area contributed by atoms with Gasteiger partial charge in [0.25, 0.3) is 0 Å². The van der Waals surface area contributed by atoms with Crippen LogP contribution in [0.15, 0.2) is 103 Å². The molecule has 3 aromatic rings. The minimum Gasteiger partial charge on any atom is -0.463 e. The average molecular weight is 712 g/mol. The summed E-state index contributed by atoms with van der Waals surface area (Å²) >= 11 is 0. The lowest BCUT2D eigenvalue weighted by Crippen LogP contribution is -2.44. The van der Waals surface area contributed by atoms with E-state index in [1.54, 1.807) is 4.90 Å². The zero-order valence-electron chi connectivity index (χ0n) is 30.0. The number of unbranched alkanes of at least 4 members (excludes halogenated alkanes) is 1. The van der Waals surface area contributed by atoms with Crippen LogP contribution in [0.5, 0.6) is 0 Å². The number of esters is 1. The number of alkyl carbamates (subject to hydrolysis) is 1. The molecule has 0 saturated carbocycles.